The number of benzene rings is 2. The number of pyridine rings is 1. The molecule has 5 rings (SSSR count). The van der Waals surface area contributed by atoms with Gasteiger partial charge in [-0.15, -0.1) is 0 Å². The monoisotopic (exact) mass is 514 g/mol. The number of rotatable bonds is 8. The normalized spacial score (nSPS) is 14.3. The van der Waals surface area contributed by atoms with Crippen LogP contribution in [0.2, 0.25) is 0 Å². The topological polar surface area (TPSA) is 86.8 Å². The Morgan fingerprint density at radius 2 is 1.68 bits per heavy atom. The van der Waals surface area contributed by atoms with Crippen LogP contribution in [-0.4, -0.2) is 103 Å². The van der Waals surface area contributed by atoms with Crippen LogP contribution in [0.1, 0.15) is 10.4 Å². The molecule has 2 aromatic heterocycles. The molecule has 0 radical (unpaired) electrons. The number of amides is 1. The number of carbonyl (C=O) groups is 1. The van der Waals surface area contributed by atoms with Gasteiger partial charge in [-0.3, -0.25) is 14.8 Å². The first kappa shape index (κ1) is 25.7. The van der Waals surface area contributed by atoms with Crippen molar-refractivity contribution in [2.45, 2.75) is 0 Å². The van der Waals surface area contributed by atoms with E-state index in [1.54, 1.807) is 20.4 Å². The zero-order valence-corrected chi connectivity index (χ0v) is 22.4. The molecule has 0 atom stereocenters. The molecule has 1 N–H and O–H groups in total. The molecule has 1 fully saturated rings. The summed E-state index contributed by atoms with van der Waals surface area (Å²) in [5.41, 5.74) is 4.65. The van der Waals surface area contributed by atoms with Crippen LogP contribution in [-0.2, 0) is 0 Å². The van der Waals surface area contributed by atoms with Crippen LogP contribution < -0.4 is 9.47 Å². The highest BCUT2D eigenvalue weighted by Crippen LogP contribution is 2.40. The van der Waals surface area contributed by atoms with Crippen LogP contribution in [0, 0.1) is 0 Å². The summed E-state index contributed by atoms with van der Waals surface area (Å²) in [6, 6.07) is 15.5. The van der Waals surface area contributed by atoms with Crippen molar-refractivity contribution < 1.29 is 14.3 Å². The van der Waals surface area contributed by atoms with Gasteiger partial charge >= 0.3 is 0 Å². The van der Waals surface area contributed by atoms with Gasteiger partial charge in [0.15, 0.2) is 5.65 Å². The molecule has 1 aliphatic rings. The molecule has 1 saturated heterocycles. The second-order valence-corrected chi connectivity index (χ2v) is 9.75. The Morgan fingerprint density at radius 1 is 0.974 bits per heavy atom. The fraction of sp³-hybridized carbons (Fsp3) is 0.345. The summed E-state index contributed by atoms with van der Waals surface area (Å²) in [5.74, 6) is 1.42. The first-order valence-electron chi connectivity index (χ1n) is 12.8. The summed E-state index contributed by atoms with van der Waals surface area (Å²) in [7, 11) is 7.44. The van der Waals surface area contributed by atoms with Crippen LogP contribution in [0.4, 0.5) is 0 Å². The van der Waals surface area contributed by atoms with Crippen molar-refractivity contribution in [1.82, 2.24) is 29.9 Å². The second-order valence-electron chi connectivity index (χ2n) is 9.75. The number of aromatic nitrogens is 3. The van der Waals surface area contributed by atoms with E-state index >= 15 is 0 Å². The maximum Gasteiger partial charge on any atom is 0.253 e. The SMILES string of the molecule is COc1cccc(OC)c1-c1[nH]nc2ncc(-c3cccc(C(=O)N4CCN(CCN(C)C)CC4)c3)cc12. The zero-order valence-electron chi connectivity index (χ0n) is 22.4. The van der Waals surface area contributed by atoms with E-state index in [-0.39, 0.29) is 5.91 Å². The zero-order chi connectivity index (χ0) is 26.6. The van der Waals surface area contributed by atoms with Gasteiger partial charge in [-0.1, -0.05) is 18.2 Å². The highest BCUT2D eigenvalue weighted by Gasteiger charge is 2.23. The molecule has 9 nitrogen and oxygen atoms in total. The lowest BCUT2D eigenvalue weighted by atomic mass is 10.0. The molecule has 0 aliphatic carbocycles. The predicted molar refractivity (Wildman–Crippen MR) is 149 cm³/mol. The number of nitrogens with one attached hydrogen (secondary N) is 1. The molecule has 0 saturated carbocycles. The molecule has 0 spiro atoms. The van der Waals surface area contributed by atoms with E-state index in [1.165, 1.54) is 0 Å². The van der Waals surface area contributed by atoms with Crippen LogP contribution in [0.5, 0.6) is 11.5 Å². The van der Waals surface area contributed by atoms with Gasteiger partial charge in [0, 0.05) is 62.0 Å². The highest BCUT2D eigenvalue weighted by atomic mass is 16.5. The minimum atomic E-state index is 0.0657. The molecular weight excluding hydrogens is 480 g/mol. The number of nitrogens with zero attached hydrogens (tertiary/aromatic N) is 5. The van der Waals surface area contributed by atoms with Crippen molar-refractivity contribution in [2.75, 3.05) is 67.6 Å². The number of methoxy groups -OCH3 is 2. The minimum absolute atomic E-state index is 0.0657. The van der Waals surface area contributed by atoms with Gasteiger partial charge in [-0.05, 0) is 50.0 Å². The lowest BCUT2D eigenvalue weighted by Gasteiger charge is -2.35. The summed E-state index contributed by atoms with van der Waals surface area (Å²) in [4.78, 5) is 24.5. The molecule has 2 aromatic carbocycles. The fourth-order valence-corrected chi connectivity index (χ4v) is 4.88. The number of carbonyl (C=O) groups excluding carboxylic acids is 1. The second kappa shape index (κ2) is 11.2. The Morgan fingerprint density at radius 3 is 2.37 bits per heavy atom. The van der Waals surface area contributed by atoms with Crippen molar-refractivity contribution in [3.63, 3.8) is 0 Å². The van der Waals surface area contributed by atoms with Crippen LogP contribution >= 0.6 is 0 Å². The third-order valence-electron chi connectivity index (χ3n) is 7.05. The van der Waals surface area contributed by atoms with Crippen LogP contribution in [0.3, 0.4) is 0 Å². The molecule has 0 bridgehead atoms. The smallest absolute Gasteiger partial charge is 0.253 e. The lowest BCUT2D eigenvalue weighted by molar-refractivity contribution is 0.0630. The number of hydrogen-bond donors (Lipinski definition) is 1. The summed E-state index contributed by atoms with van der Waals surface area (Å²) in [5, 5.41) is 8.35. The van der Waals surface area contributed by atoms with Gasteiger partial charge in [0.1, 0.15) is 11.5 Å². The number of ether oxygens (including phenoxy) is 2. The summed E-state index contributed by atoms with van der Waals surface area (Å²) in [6.45, 7) is 5.32. The lowest BCUT2D eigenvalue weighted by Crippen LogP contribution is -2.49. The van der Waals surface area contributed by atoms with Gasteiger partial charge < -0.3 is 19.3 Å². The molecule has 1 amide bonds. The van der Waals surface area contributed by atoms with E-state index in [0.717, 1.165) is 67.0 Å². The summed E-state index contributed by atoms with van der Waals surface area (Å²) in [6.07, 6.45) is 1.79. The Hall–Kier alpha value is -3.95. The molecule has 198 valence electrons. The van der Waals surface area contributed by atoms with E-state index in [2.05, 4.69) is 39.1 Å². The summed E-state index contributed by atoms with van der Waals surface area (Å²) >= 11 is 0. The van der Waals surface area contributed by atoms with Gasteiger partial charge in [-0.2, -0.15) is 5.10 Å². The van der Waals surface area contributed by atoms with E-state index < -0.39 is 0 Å². The Balaban J connectivity index is 1.40. The largest absolute Gasteiger partial charge is 0.496 e. The number of aromatic amines is 1. The molecule has 9 heteroatoms. The van der Waals surface area contributed by atoms with E-state index in [1.807, 2.05) is 53.4 Å². The number of hydrogen-bond acceptors (Lipinski definition) is 7. The summed E-state index contributed by atoms with van der Waals surface area (Å²) < 4.78 is 11.2. The van der Waals surface area contributed by atoms with Crippen molar-refractivity contribution >= 4 is 16.9 Å². The molecule has 1 aliphatic heterocycles. The van der Waals surface area contributed by atoms with Crippen LogP contribution in [0.25, 0.3) is 33.4 Å². The Bertz CT molecular complexity index is 1400. The molecule has 0 unspecified atom stereocenters. The minimum Gasteiger partial charge on any atom is -0.496 e. The van der Waals surface area contributed by atoms with E-state index in [9.17, 15) is 4.79 Å². The standard InChI is InChI=1S/C29H34N6O3/c1-33(2)11-12-34-13-15-35(16-14-34)29(36)21-8-5-7-20(17-21)22-18-23-27(31-32-28(23)30-19-22)26-24(37-3)9-6-10-25(26)38-4/h5-10,17-19H,11-16H2,1-4H3,(H,30,31,32). The van der Waals surface area contributed by atoms with Crippen LogP contribution in [0.15, 0.2) is 54.7 Å². The maximum absolute atomic E-state index is 13.3. The van der Waals surface area contributed by atoms with Gasteiger partial charge in [0.2, 0.25) is 0 Å². The number of fused-ring (bicyclic) bond motifs is 1. The van der Waals surface area contributed by atoms with Crippen molar-refractivity contribution in [2.24, 2.45) is 0 Å². The predicted octanol–water partition coefficient (Wildman–Crippen LogP) is 3.63. The van der Waals surface area contributed by atoms with Gasteiger partial charge in [0.25, 0.3) is 5.91 Å². The van der Waals surface area contributed by atoms with Crippen molar-refractivity contribution in [3.05, 3.63) is 60.3 Å². The third-order valence-corrected chi connectivity index (χ3v) is 7.05. The molecule has 4 aromatic rings. The Labute approximate surface area is 223 Å². The van der Waals surface area contributed by atoms with Crippen molar-refractivity contribution in [1.29, 1.82) is 0 Å². The molecule has 3 heterocycles. The maximum atomic E-state index is 13.3. The molecular formula is C29H34N6O3. The quantitative estimate of drug-likeness (QED) is 0.384. The average molecular weight is 515 g/mol. The number of likely N-dealkylation sites (N-methyl/N-ethyl adjacent to an activating group) is 1. The van der Waals surface area contributed by atoms with Gasteiger partial charge in [0.05, 0.1) is 25.5 Å². The third kappa shape index (κ3) is 5.20. The van der Waals surface area contributed by atoms with Crippen molar-refractivity contribution in [3.8, 4) is 33.9 Å². The van der Waals surface area contributed by atoms with E-state index in [4.69, 9.17) is 9.47 Å². The highest BCUT2D eigenvalue weighted by molar-refractivity contribution is 5.98. The Kier molecular flexibility index (Phi) is 7.57. The average Bonchev–Trinajstić information content (AvgIpc) is 3.38. The van der Waals surface area contributed by atoms with E-state index in [0.29, 0.717) is 22.7 Å². The molecule has 38 heavy (non-hydrogen) atoms. The fourth-order valence-electron chi connectivity index (χ4n) is 4.88. The number of H-pyrrole nitrogens is 1. The first-order chi connectivity index (χ1) is 18.5. The first-order valence-corrected chi connectivity index (χ1v) is 12.8. The van der Waals surface area contributed by atoms with Gasteiger partial charge in [-0.25, -0.2) is 4.98 Å². The number of piperazine rings is 1.